The number of thiophene rings is 1. The van der Waals surface area contributed by atoms with E-state index in [0.717, 1.165) is 22.7 Å². The topological polar surface area (TPSA) is 71.1 Å². The zero-order valence-electron chi connectivity index (χ0n) is 11.3. The summed E-state index contributed by atoms with van der Waals surface area (Å²) in [6.07, 6.45) is 2.71. The average molecular weight is 331 g/mol. The first kappa shape index (κ1) is 15.4. The predicted molar refractivity (Wildman–Crippen MR) is 84.0 cm³/mol. The van der Waals surface area contributed by atoms with Crippen LogP contribution in [0, 0.1) is 6.92 Å². The summed E-state index contributed by atoms with van der Waals surface area (Å²) in [5.74, 6) is 0. The van der Waals surface area contributed by atoms with Crippen LogP contribution in [0.5, 0.6) is 0 Å². The maximum Gasteiger partial charge on any atom is 0.264 e. The van der Waals surface area contributed by atoms with Crippen LogP contribution in [0.3, 0.4) is 0 Å². The van der Waals surface area contributed by atoms with Crippen LogP contribution in [-0.4, -0.2) is 19.9 Å². The molecule has 5 nitrogen and oxygen atoms in total. The van der Waals surface area contributed by atoms with Crippen molar-refractivity contribution in [1.29, 1.82) is 0 Å². The molecular weight excluding hydrogens is 314 g/mol. The lowest BCUT2D eigenvalue weighted by Crippen LogP contribution is -2.13. The van der Waals surface area contributed by atoms with Crippen LogP contribution in [0.15, 0.2) is 22.5 Å². The van der Waals surface area contributed by atoms with Gasteiger partial charge in [0.15, 0.2) is 5.13 Å². The standard InChI is InChI=1S/C12H17N3O2S3/c1-3-4-13-7-10-5-11(8-18-10)20(16,17)15-12-14-6-9(2)19-12/h5-6,8,13H,3-4,7H2,1-2H3,(H,14,15). The molecule has 0 saturated carbocycles. The van der Waals surface area contributed by atoms with Crippen molar-refractivity contribution in [3.63, 3.8) is 0 Å². The number of aromatic nitrogens is 1. The molecule has 2 heterocycles. The number of nitrogens with zero attached hydrogens (tertiary/aromatic N) is 1. The van der Waals surface area contributed by atoms with Gasteiger partial charge >= 0.3 is 0 Å². The molecule has 20 heavy (non-hydrogen) atoms. The first-order valence-electron chi connectivity index (χ1n) is 6.24. The van der Waals surface area contributed by atoms with Gasteiger partial charge in [-0.1, -0.05) is 6.92 Å². The molecule has 2 N–H and O–H groups in total. The molecule has 0 aliphatic rings. The third-order valence-electron chi connectivity index (χ3n) is 2.51. The predicted octanol–water partition coefficient (Wildman–Crippen LogP) is 2.81. The fraction of sp³-hybridized carbons (Fsp3) is 0.417. The third kappa shape index (κ3) is 4.02. The van der Waals surface area contributed by atoms with E-state index in [1.54, 1.807) is 17.6 Å². The smallest absolute Gasteiger partial charge is 0.264 e. The van der Waals surface area contributed by atoms with Gasteiger partial charge in [-0.15, -0.1) is 22.7 Å². The molecule has 0 aliphatic carbocycles. The van der Waals surface area contributed by atoms with Gasteiger partial charge in [0, 0.05) is 27.9 Å². The summed E-state index contributed by atoms with van der Waals surface area (Å²) >= 11 is 2.77. The van der Waals surface area contributed by atoms with E-state index in [-0.39, 0.29) is 0 Å². The highest BCUT2D eigenvalue weighted by molar-refractivity contribution is 7.93. The van der Waals surface area contributed by atoms with E-state index in [2.05, 4.69) is 21.9 Å². The molecule has 0 radical (unpaired) electrons. The van der Waals surface area contributed by atoms with Crippen LogP contribution in [0.1, 0.15) is 23.1 Å². The van der Waals surface area contributed by atoms with E-state index in [9.17, 15) is 8.42 Å². The van der Waals surface area contributed by atoms with Crippen molar-refractivity contribution in [2.75, 3.05) is 11.3 Å². The van der Waals surface area contributed by atoms with Gasteiger partial charge in [-0.25, -0.2) is 13.4 Å². The highest BCUT2D eigenvalue weighted by Gasteiger charge is 2.17. The lowest BCUT2D eigenvalue weighted by atomic mass is 10.4. The van der Waals surface area contributed by atoms with Crippen LogP contribution in [0.2, 0.25) is 0 Å². The van der Waals surface area contributed by atoms with Gasteiger partial charge in [0.25, 0.3) is 10.0 Å². The van der Waals surface area contributed by atoms with Gasteiger partial charge in [0.1, 0.15) is 0 Å². The number of thiazole rings is 1. The summed E-state index contributed by atoms with van der Waals surface area (Å²) in [5, 5.41) is 5.31. The lowest BCUT2D eigenvalue weighted by Gasteiger charge is -2.02. The van der Waals surface area contributed by atoms with Crippen molar-refractivity contribution < 1.29 is 8.42 Å². The minimum Gasteiger partial charge on any atom is -0.312 e. The highest BCUT2D eigenvalue weighted by atomic mass is 32.2. The molecule has 2 aromatic rings. The Bertz CT molecular complexity index is 661. The minimum atomic E-state index is -3.53. The summed E-state index contributed by atoms with van der Waals surface area (Å²) in [5.41, 5.74) is 0. The molecule has 0 spiro atoms. The summed E-state index contributed by atoms with van der Waals surface area (Å²) in [6.45, 7) is 5.61. The van der Waals surface area contributed by atoms with E-state index in [0.29, 0.717) is 16.6 Å². The van der Waals surface area contributed by atoms with Gasteiger partial charge < -0.3 is 5.32 Å². The second-order valence-electron chi connectivity index (χ2n) is 4.31. The summed E-state index contributed by atoms with van der Waals surface area (Å²) < 4.78 is 26.9. The third-order valence-corrected chi connectivity index (χ3v) is 5.87. The van der Waals surface area contributed by atoms with Gasteiger partial charge in [-0.3, -0.25) is 4.72 Å². The van der Waals surface area contributed by atoms with Crippen LogP contribution in [0.4, 0.5) is 5.13 Å². The van der Waals surface area contributed by atoms with Crippen LogP contribution < -0.4 is 10.0 Å². The van der Waals surface area contributed by atoms with Crippen molar-refractivity contribution in [2.24, 2.45) is 0 Å². The van der Waals surface area contributed by atoms with Gasteiger partial charge in [0.2, 0.25) is 0 Å². The molecule has 0 bridgehead atoms. The maximum absolute atomic E-state index is 12.2. The van der Waals surface area contributed by atoms with E-state index < -0.39 is 10.0 Å². The normalized spacial score (nSPS) is 11.7. The molecule has 0 saturated heterocycles. The number of hydrogen-bond donors (Lipinski definition) is 2. The lowest BCUT2D eigenvalue weighted by molar-refractivity contribution is 0.601. The van der Waals surface area contributed by atoms with E-state index in [1.165, 1.54) is 22.7 Å². The van der Waals surface area contributed by atoms with Crippen LogP contribution in [0.25, 0.3) is 0 Å². The van der Waals surface area contributed by atoms with Crippen LogP contribution in [-0.2, 0) is 16.6 Å². The van der Waals surface area contributed by atoms with E-state index in [1.807, 2.05) is 6.92 Å². The second kappa shape index (κ2) is 6.66. The Hall–Kier alpha value is -0.960. The van der Waals surface area contributed by atoms with Crippen LogP contribution >= 0.6 is 22.7 Å². The van der Waals surface area contributed by atoms with Crippen molar-refractivity contribution in [3.05, 3.63) is 27.4 Å². The van der Waals surface area contributed by atoms with Crippen molar-refractivity contribution >= 4 is 37.8 Å². The van der Waals surface area contributed by atoms with E-state index in [4.69, 9.17) is 0 Å². The monoisotopic (exact) mass is 331 g/mol. The quantitative estimate of drug-likeness (QED) is 0.765. The maximum atomic E-state index is 12.2. The Labute approximate surface area is 127 Å². The minimum absolute atomic E-state index is 0.295. The molecule has 0 fully saturated rings. The van der Waals surface area contributed by atoms with Gasteiger partial charge in [-0.05, 0) is 26.0 Å². The molecule has 0 aromatic carbocycles. The Morgan fingerprint density at radius 3 is 2.85 bits per heavy atom. The summed E-state index contributed by atoms with van der Waals surface area (Å²) in [6, 6.07) is 1.70. The van der Waals surface area contributed by atoms with Crippen molar-refractivity contribution in [1.82, 2.24) is 10.3 Å². The number of anilines is 1. The summed E-state index contributed by atoms with van der Waals surface area (Å²) in [7, 11) is -3.53. The molecular formula is C12H17N3O2S3. The number of hydrogen-bond acceptors (Lipinski definition) is 6. The first-order valence-corrected chi connectivity index (χ1v) is 9.42. The molecule has 0 unspecified atom stereocenters. The number of sulfonamides is 1. The molecule has 8 heteroatoms. The van der Waals surface area contributed by atoms with Crippen molar-refractivity contribution in [2.45, 2.75) is 31.7 Å². The Kier molecular flexibility index (Phi) is 5.14. The Morgan fingerprint density at radius 2 is 2.20 bits per heavy atom. The molecule has 0 amide bonds. The molecule has 110 valence electrons. The number of nitrogens with one attached hydrogen (secondary N) is 2. The van der Waals surface area contributed by atoms with Crippen molar-refractivity contribution in [3.8, 4) is 0 Å². The van der Waals surface area contributed by atoms with Gasteiger partial charge in [-0.2, -0.15) is 0 Å². The zero-order valence-corrected chi connectivity index (χ0v) is 13.8. The molecule has 2 rings (SSSR count). The SMILES string of the molecule is CCCNCc1cc(S(=O)(=O)Nc2ncc(C)s2)cs1. The van der Waals surface area contributed by atoms with E-state index >= 15 is 0 Å². The summed E-state index contributed by atoms with van der Waals surface area (Å²) in [4.78, 5) is 6.29. The Balaban J connectivity index is 2.06. The largest absolute Gasteiger partial charge is 0.312 e. The first-order chi connectivity index (χ1) is 9.51. The fourth-order valence-electron chi connectivity index (χ4n) is 1.56. The van der Waals surface area contributed by atoms with Gasteiger partial charge in [0.05, 0.1) is 4.90 Å². The average Bonchev–Trinajstić information content (AvgIpc) is 2.99. The molecule has 0 aliphatic heterocycles. The highest BCUT2D eigenvalue weighted by Crippen LogP contribution is 2.24. The number of aryl methyl sites for hydroxylation is 1. The number of rotatable bonds is 7. The fourth-order valence-corrected chi connectivity index (χ4v) is 4.71. The Morgan fingerprint density at radius 1 is 1.40 bits per heavy atom. The second-order valence-corrected chi connectivity index (χ2v) is 8.22. The zero-order chi connectivity index (χ0) is 14.6. The molecule has 2 aromatic heterocycles. The molecule has 0 atom stereocenters.